The first-order chi connectivity index (χ1) is 7.20. The van der Waals surface area contributed by atoms with E-state index in [1.165, 1.54) is 6.07 Å². The summed E-state index contributed by atoms with van der Waals surface area (Å²) in [5, 5.41) is 0.0976. The van der Waals surface area contributed by atoms with Crippen LogP contribution in [0, 0.1) is 5.82 Å². The predicted octanol–water partition coefficient (Wildman–Crippen LogP) is 2.77. The maximum absolute atomic E-state index is 12.9. The lowest BCUT2D eigenvalue weighted by Crippen LogP contribution is -2.11. The number of anilines is 1. The van der Waals surface area contributed by atoms with E-state index in [9.17, 15) is 9.18 Å². The van der Waals surface area contributed by atoms with Crippen LogP contribution in [0.4, 0.5) is 10.1 Å². The zero-order valence-electron chi connectivity index (χ0n) is 7.91. The average Bonchev–Trinajstić information content (AvgIpc) is 2.70. The van der Waals surface area contributed by atoms with E-state index >= 15 is 0 Å². The van der Waals surface area contributed by atoms with Gasteiger partial charge in [-0.25, -0.2) is 4.39 Å². The molecule has 0 atom stereocenters. The first kappa shape index (κ1) is 10.2. The minimum Gasteiger partial charge on any atom is -0.347 e. The van der Waals surface area contributed by atoms with Crippen LogP contribution < -0.4 is 4.90 Å². The Morgan fingerprint density at radius 2 is 2.27 bits per heavy atom. The summed E-state index contributed by atoms with van der Waals surface area (Å²) in [5.41, 5.74) is 1.55. The van der Waals surface area contributed by atoms with Gasteiger partial charge in [0.15, 0.2) is 0 Å². The second-order valence-electron chi connectivity index (χ2n) is 3.36. The van der Waals surface area contributed by atoms with Crippen molar-refractivity contribution in [2.45, 2.75) is 6.42 Å². The Hall–Kier alpha value is -1.35. The fourth-order valence-corrected chi connectivity index (χ4v) is 1.71. The molecular formula is C11H9ClFNO. The second-order valence-corrected chi connectivity index (χ2v) is 3.77. The van der Waals surface area contributed by atoms with Crippen LogP contribution in [0.25, 0.3) is 0 Å². The molecule has 0 fully saturated rings. The van der Waals surface area contributed by atoms with Crippen LogP contribution in [0.15, 0.2) is 30.0 Å². The van der Waals surface area contributed by atoms with Crippen LogP contribution in [0.1, 0.15) is 6.42 Å². The Kier molecular flexibility index (Phi) is 2.73. The van der Waals surface area contributed by atoms with Gasteiger partial charge in [-0.15, -0.1) is 0 Å². The van der Waals surface area contributed by atoms with Gasteiger partial charge in [0.1, 0.15) is 12.1 Å². The summed E-state index contributed by atoms with van der Waals surface area (Å²) in [6.07, 6.45) is 3.32. The van der Waals surface area contributed by atoms with Crippen molar-refractivity contribution in [1.82, 2.24) is 0 Å². The van der Waals surface area contributed by atoms with Crippen molar-refractivity contribution in [3.8, 4) is 0 Å². The molecule has 78 valence electrons. The van der Waals surface area contributed by atoms with Crippen molar-refractivity contribution in [2.24, 2.45) is 0 Å². The van der Waals surface area contributed by atoms with E-state index in [0.717, 1.165) is 30.5 Å². The van der Waals surface area contributed by atoms with Gasteiger partial charge in [-0.1, -0.05) is 11.6 Å². The lowest BCUT2D eigenvalue weighted by Gasteiger charge is -2.15. The van der Waals surface area contributed by atoms with Crippen molar-refractivity contribution < 1.29 is 9.18 Å². The van der Waals surface area contributed by atoms with Crippen LogP contribution in [0.5, 0.6) is 0 Å². The standard InChI is InChI=1S/C11H9ClFNO/c12-10-5-9(1-2-11(10)13)14-4-3-8(6-14)7-15/h1-2,5-7H,3-4H2. The van der Waals surface area contributed by atoms with Crippen molar-refractivity contribution in [1.29, 1.82) is 0 Å². The molecule has 15 heavy (non-hydrogen) atoms. The molecule has 0 aromatic heterocycles. The third-order valence-corrected chi connectivity index (χ3v) is 2.64. The quantitative estimate of drug-likeness (QED) is 0.722. The minimum absolute atomic E-state index is 0.0976. The third-order valence-electron chi connectivity index (χ3n) is 2.35. The van der Waals surface area contributed by atoms with Crippen LogP contribution in [-0.4, -0.2) is 12.8 Å². The summed E-state index contributed by atoms with van der Waals surface area (Å²) in [6, 6.07) is 4.52. The van der Waals surface area contributed by atoms with Gasteiger partial charge >= 0.3 is 0 Å². The van der Waals surface area contributed by atoms with Gasteiger partial charge < -0.3 is 4.90 Å². The molecule has 0 bridgehead atoms. The summed E-state index contributed by atoms with van der Waals surface area (Å²) in [5.74, 6) is -0.431. The Morgan fingerprint density at radius 3 is 2.87 bits per heavy atom. The predicted molar refractivity (Wildman–Crippen MR) is 57.5 cm³/mol. The van der Waals surface area contributed by atoms with E-state index in [2.05, 4.69) is 0 Å². The van der Waals surface area contributed by atoms with Crippen LogP contribution in [0.2, 0.25) is 5.02 Å². The fourth-order valence-electron chi connectivity index (χ4n) is 1.54. The van der Waals surface area contributed by atoms with E-state index in [0.29, 0.717) is 0 Å². The Morgan fingerprint density at radius 1 is 1.47 bits per heavy atom. The molecule has 2 rings (SSSR count). The smallest absolute Gasteiger partial charge is 0.147 e. The molecule has 1 aromatic carbocycles. The highest BCUT2D eigenvalue weighted by Crippen LogP contribution is 2.26. The number of hydrogen-bond acceptors (Lipinski definition) is 2. The first-order valence-corrected chi connectivity index (χ1v) is 4.96. The highest BCUT2D eigenvalue weighted by molar-refractivity contribution is 6.31. The number of hydrogen-bond donors (Lipinski definition) is 0. The van der Waals surface area contributed by atoms with E-state index in [4.69, 9.17) is 11.6 Å². The van der Waals surface area contributed by atoms with Crippen molar-refractivity contribution >= 4 is 23.6 Å². The second kappa shape index (κ2) is 4.03. The number of carbonyl (C=O) groups excluding carboxylic acids is 1. The number of benzene rings is 1. The molecule has 0 saturated carbocycles. The van der Waals surface area contributed by atoms with E-state index in [-0.39, 0.29) is 5.02 Å². The monoisotopic (exact) mass is 225 g/mol. The van der Waals surface area contributed by atoms with E-state index in [1.54, 1.807) is 18.3 Å². The highest BCUT2D eigenvalue weighted by atomic mass is 35.5. The Labute approximate surface area is 92.0 Å². The molecule has 0 radical (unpaired) electrons. The number of rotatable bonds is 2. The van der Waals surface area contributed by atoms with Gasteiger partial charge in [-0.3, -0.25) is 4.79 Å². The summed E-state index contributed by atoms with van der Waals surface area (Å²) in [6.45, 7) is 0.732. The molecule has 0 unspecified atom stereocenters. The number of nitrogens with zero attached hydrogens (tertiary/aromatic N) is 1. The minimum atomic E-state index is -0.431. The van der Waals surface area contributed by atoms with Gasteiger partial charge in [-0.2, -0.15) is 0 Å². The Bertz CT molecular complexity index is 431. The largest absolute Gasteiger partial charge is 0.347 e. The van der Waals surface area contributed by atoms with E-state index in [1.807, 2.05) is 4.90 Å². The molecular weight excluding hydrogens is 217 g/mol. The highest BCUT2D eigenvalue weighted by Gasteiger charge is 2.14. The molecule has 0 saturated heterocycles. The first-order valence-electron chi connectivity index (χ1n) is 4.58. The number of carbonyl (C=O) groups is 1. The molecule has 1 aromatic rings. The number of aldehydes is 1. The topological polar surface area (TPSA) is 20.3 Å². The molecule has 1 aliphatic rings. The van der Waals surface area contributed by atoms with Crippen LogP contribution in [0.3, 0.4) is 0 Å². The zero-order valence-corrected chi connectivity index (χ0v) is 8.67. The summed E-state index contributed by atoms with van der Waals surface area (Å²) in [7, 11) is 0. The number of halogens is 2. The molecule has 2 nitrogen and oxygen atoms in total. The van der Waals surface area contributed by atoms with Crippen molar-refractivity contribution in [3.05, 3.63) is 40.8 Å². The van der Waals surface area contributed by atoms with Gasteiger partial charge in [0.05, 0.1) is 5.02 Å². The molecule has 0 amide bonds. The normalized spacial score (nSPS) is 15.3. The SMILES string of the molecule is O=CC1=CN(c2ccc(F)c(Cl)c2)CC1. The van der Waals surface area contributed by atoms with Gasteiger partial charge in [0.2, 0.25) is 0 Å². The molecule has 1 heterocycles. The van der Waals surface area contributed by atoms with Crippen LogP contribution >= 0.6 is 11.6 Å². The fraction of sp³-hybridized carbons (Fsp3) is 0.182. The maximum atomic E-state index is 12.9. The van der Waals surface area contributed by atoms with Gasteiger partial charge in [-0.05, 0) is 24.6 Å². The summed E-state index contributed by atoms with van der Waals surface area (Å²) < 4.78 is 12.9. The third kappa shape index (κ3) is 2.02. The Balaban J connectivity index is 2.28. The lowest BCUT2D eigenvalue weighted by molar-refractivity contribution is -0.105. The van der Waals surface area contributed by atoms with Gasteiger partial charge in [0, 0.05) is 24.0 Å². The van der Waals surface area contributed by atoms with Crippen molar-refractivity contribution in [3.63, 3.8) is 0 Å². The lowest BCUT2D eigenvalue weighted by atomic mass is 10.3. The van der Waals surface area contributed by atoms with Crippen molar-refractivity contribution in [2.75, 3.05) is 11.4 Å². The molecule has 0 N–H and O–H groups in total. The molecule has 4 heteroatoms. The van der Waals surface area contributed by atoms with E-state index < -0.39 is 5.82 Å². The van der Waals surface area contributed by atoms with Gasteiger partial charge in [0.25, 0.3) is 0 Å². The maximum Gasteiger partial charge on any atom is 0.147 e. The summed E-state index contributed by atoms with van der Waals surface area (Å²) >= 11 is 5.67. The molecule has 0 aliphatic carbocycles. The summed E-state index contributed by atoms with van der Waals surface area (Å²) in [4.78, 5) is 12.4. The van der Waals surface area contributed by atoms with Crippen LogP contribution in [-0.2, 0) is 4.79 Å². The zero-order chi connectivity index (χ0) is 10.8. The molecule has 1 aliphatic heterocycles. The molecule has 0 spiro atoms. The average molecular weight is 226 g/mol.